The molecule has 0 radical (unpaired) electrons. The Bertz CT molecular complexity index is 4810. The number of aliphatic hydroxyl groups excluding tert-OH is 3. The van der Waals surface area contributed by atoms with Crippen LogP contribution in [-0.2, 0) is 59.4 Å². The standard InChI is InChI=1S/C25H34N4O6S2.C24H31Cl2N5O5S2.C24H26N4O6S2/c1-14-19(24-18-5-3-2-4-15(18)6-7-34-24)10-22(36-14)23(31)20-11-27-13-28-25(20)29-17-8-16(21(30)9-17)12-35-37(26,32)33;25-14-2-1-12-3-4-29-21(16(12)6-14)17-8-20(37-23(17)26)22(33)18-9-28-11-30-24(18)31-15-5-13(19(32)7-15)10-36-38(27,34)35;25-36(31,32)34-11-15-7-17(9-20(15)29)28-24-19(10-26-13-27-24)22(30)21-8-16(12-35-21)23-18-4-2-1-3-14(18)5-6-33-23/h10-11,13,15-18,21,24,30H,2-9,12H2,1H3,(H2,26,32,33)(H,27,28,29);8-9,11-16,19,21,29,32H,1-7,10H2,(H2,27,34,35)(H,28,30,31);1-4,8,10,12-13,15,17,20,23,29H,5-7,9,11H2,(H2,25,31,32)(H,26,27,28)/t15?,16-,17-,18?,21+,24?;12?,13-,14?,15-,16?,19+,21?;15-,17-,20+,23?/m111/s1. The number of aryl methyl sites for hydroxylation is 1. The van der Waals surface area contributed by atoms with E-state index in [0.717, 1.165) is 78.8 Å². The summed E-state index contributed by atoms with van der Waals surface area (Å²) in [7, 11) is -12.3. The molecule has 7 aromatic rings. The highest BCUT2D eigenvalue weighted by Crippen LogP contribution is 2.50. The van der Waals surface area contributed by atoms with E-state index in [1.165, 1.54) is 103 Å². The number of piperidine rings is 1. The number of alkyl halides is 1. The smallest absolute Gasteiger partial charge is 0.333 e. The molecule has 0 bridgehead atoms. The summed E-state index contributed by atoms with van der Waals surface area (Å²) in [5.41, 5.74) is 6.32. The molecule has 5 aliphatic carbocycles. The number of nitrogens with two attached hydrogens (primary N) is 3. The second-order valence-corrected chi connectivity index (χ2v) is 37.9. The SMILES string of the molecule is Cc1sc(C(=O)c2cncnc2N[C@@H]2C[C@H](COS(N)(=O)=O)[C@@H](O)C2)cc1C1OCCC2CCCCC21.NS(=O)(=O)OC[C@H]1C[C@@H](Nc2ncncc2C(=O)c2cc(C3NCCC4CCC(Cl)CC43)c(Cl)s2)C[C@@H]1O.NS(=O)(=O)OC[C@H]1C[C@@H](Nc2ncncc2C(=O)c2cc(C3OCCc4ccccc43)cs2)C[C@@H]1O. The molecule has 13 N–H and O–H groups in total. The van der Waals surface area contributed by atoms with Crippen LogP contribution in [0.2, 0.25) is 4.34 Å². The predicted molar refractivity (Wildman–Crippen MR) is 417 cm³/mol. The first-order valence-corrected chi connectivity index (χ1v) is 44.9. The van der Waals surface area contributed by atoms with Gasteiger partial charge >= 0.3 is 30.9 Å². The maximum absolute atomic E-state index is 13.6. The molecule has 111 heavy (non-hydrogen) atoms. The number of benzene rings is 1. The lowest BCUT2D eigenvalue weighted by Crippen LogP contribution is -2.43. The molecule has 8 aliphatic rings. The number of nitrogens with one attached hydrogen (secondary N) is 4. The number of rotatable bonds is 24. The average molecular weight is 1690 g/mol. The summed E-state index contributed by atoms with van der Waals surface area (Å²) < 4.78 is 93.5. The van der Waals surface area contributed by atoms with Gasteiger partial charge in [-0.05, 0) is 178 Å². The summed E-state index contributed by atoms with van der Waals surface area (Å²) >= 11 is 17.3. The Balaban J connectivity index is 0.000000146. The van der Waals surface area contributed by atoms with Gasteiger partial charge in [-0.2, -0.15) is 25.3 Å². The maximum Gasteiger partial charge on any atom is 0.333 e. The normalized spacial score (nSPS) is 28.6. The number of nitrogens with zero attached hydrogens (tertiary/aromatic N) is 6. The molecule has 8 unspecified atom stereocenters. The number of carbonyl (C=O) groups excluding carboxylic acids is 3. The highest BCUT2D eigenvalue weighted by Gasteiger charge is 2.43. The molecule has 38 heteroatoms. The fourth-order valence-electron chi connectivity index (χ4n) is 17.1. The van der Waals surface area contributed by atoms with Crippen molar-refractivity contribution >= 4 is 123 Å². The van der Waals surface area contributed by atoms with Crippen LogP contribution in [0.4, 0.5) is 17.5 Å². The Kier molecular flexibility index (Phi) is 27.2. The third-order valence-electron chi connectivity index (χ3n) is 22.5. The van der Waals surface area contributed by atoms with Crippen molar-refractivity contribution in [1.82, 2.24) is 35.2 Å². The van der Waals surface area contributed by atoms with Crippen LogP contribution in [0.15, 0.2) is 85.4 Å². The van der Waals surface area contributed by atoms with E-state index in [1.54, 1.807) is 0 Å². The molecule has 17 atom stereocenters. The van der Waals surface area contributed by atoms with E-state index in [-0.39, 0.29) is 78.9 Å². The number of aliphatic hydroxyl groups is 3. The minimum absolute atomic E-state index is 0.0398. The number of carbonyl (C=O) groups is 3. The van der Waals surface area contributed by atoms with Crippen LogP contribution < -0.4 is 36.7 Å². The van der Waals surface area contributed by atoms with E-state index in [4.69, 9.17) is 48.1 Å². The number of aromatic nitrogens is 6. The van der Waals surface area contributed by atoms with Crippen LogP contribution in [0.25, 0.3) is 0 Å². The van der Waals surface area contributed by atoms with Crippen LogP contribution in [0.5, 0.6) is 0 Å². The quantitative estimate of drug-likeness (QED) is 0.0200. The van der Waals surface area contributed by atoms with Crippen LogP contribution in [0.3, 0.4) is 0 Å². The first-order valence-electron chi connectivity index (χ1n) is 37.1. The second-order valence-electron chi connectivity index (χ2n) is 29.8. The lowest BCUT2D eigenvalue weighted by atomic mass is 9.70. The Hall–Kier alpha value is -6.08. The van der Waals surface area contributed by atoms with E-state index in [1.807, 2.05) is 35.7 Å². The molecule has 1 aromatic carbocycles. The summed E-state index contributed by atoms with van der Waals surface area (Å²) in [4.78, 5) is 68.4. The number of ether oxygens (including phenoxy) is 2. The minimum atomic E-state index is -4.10. The second kappa shape index (κ2) is 36.4. The van der Waals surface area contributed by atoms with Gasteiger partial charge in [0, 0.05) is 77.4 Å². The Morgan fingerprint density at radius 1 is 0.586 bits per heavy atom. The van der Waals surface area contributed by atoms with Gasteiger partial charge in [0.2, 0.25) is 17.3 Å². The monoisotopic (exact) mass is 1680 g/mol. The molecule has 3 aliphatic heterocycles. The highest BCUT2D eigenvalue weighted by molar-refractivity contribution is 7.84. The summed E-state index contributed by atoms with van der Waals surface area (Å²) in [5.74, 6) is 1.41. The van der Waals surface area contributed by atoms with Crippen molar-refractivity contribution in [2.24, 2.45) is 56.8 Å². The number of anilines is 3. The summed E-state index contributed by atoms with van der Waals surface area (Å²) in [6.45, 7) is 3.72. The third-order valence-corrected chi connectivity index (χ3v) is 27.7. The van der Waals surface area contributed by atoms with E-state index in [0.29, 0.717) is 122 Å². The molecule has 6 aromatic heterocycles. The molecule has 5 saturated carbocycles. The first kappa shape index (κ1) is 82.9. The van der Waals surface area contributed by atoms with Gasteiger partial charge in [-0.25, -0.2) is 45.3 Å². The zero-order valence-corrected chi connectivity index (χ0v) is 67.0. The van der Waals surface area contributed by atoms with Gasteiger partial charge < -0.3 is 46.1 Å². The van der Waals surface area contributed by atoms with Crippen molar-refractivity contribution in [3.8, 4) is 0 Å². The maximum atomic E-state index is 13.6. The van der Waals surface area contributed by atoms with Crippen molar-refractivity contribution < 1.29 is 77.0 Å². The molecular weight excluding hydrogens is 1590 g/mol. The Morgan fingerprint density at radius 3 is 1.64 bits per heavy atom. The molecule has 2 saturated heterocycles. The van der Waals surface area contributed by atoms with Gasteiger partial charge in [-0.1, -0.05) is 48.7 Å². The van der Waals surface area contributed by atoms with Gasteiger partial charge in [-0.15, -0.1) is 45.6 Å². The zero-order valence-electron chi connectivity index (χ0n) is 60.6. The number of hydrogen-bond donors (Lipinski definition) is 10. The Morgan fingerprint density at radius 2 is 1.09 bits per heavy atom. The molecule has 0 amide bonds. The molecule has 0 spiro atoms. The minimum Gasteiger partial charge on any atom is -0.393 e. The molecule has 7 fully saturated rings. The fourth-order valence-corrected chi connectivity index (χ4v) is 21.7. The summed E-state index contributed by atoms with van der Waals surface area (Å²) in [5, 5.41) is 61.2. The Labute approximate surface area is 666 Å². The molecule has 30 nitrogen and oxygen atoms in total. The van der Waals surface area contributed by atoms with Gasteiger partial charge in [0.25, 0.3) is 0 Å². The highest BCUT2D eigenvalue weighted by atomic mass is 35.5. The van der Waals surface area contributed by atoms with Crippen LogP contribution in [-0.4, -0.2) is 169 Å². The fraction of sp³-hybridized carbons (Fsp3) is 0.548. The van der Waals surface area contributed by atoms with Crippen molar-refractivity contribution in [2.75, 3.05) is 55.5 Å². The molecule has 9 heterocycles. The van der Waals surface area contributed by atoms with Gasteiger partial charge in [0.15, 0.2) is 0 Å². The van der Waals surface area contributed by atoms with Crippen molar-refractivity contribution in [2.45, 2.75) is 170 Å². The van der Waals surface area contributed by atoms with Crippen LogP contribution in [0, 0.1) is 48.3 Å². The first-order chi connectivity index (χ1) is 53.1. The van der Waals surface area contributed by atoms with Crippen LogP contribution in [0.1, 0.15) is 193 Å². The van der Waals surface area contributed by atoms with E-state index < -0.39 is 67.0 Å². The van der Waals surface area contributed by atoms with E-state index in [9.17, 15) is 55.0 Å². The third kappa shape index (κ3) is 21.0. The number of ketones is 3. The van der Waals surface area contributed by atoms with E-state index in [2.05, 4.69) is 82.8 Å². The van der Waals surface area contributed by atoms with Crippen LogP contribution >= 0.6 is 57.2 Å². The van der Waals surface area contributed by atoms with Gasteiger partial charge in [-0.3, -0.25) is 26.9 Å². The molecule has 15 rings (SSSR count). The number of halogens is 2. The molecular formula is C73H91Cl2N13O17S6. The summed E-state index contributed by atoms with van der Waals surface area (Å²) in [6, 6.07) is 13.3. The lowest BCUT2D eigenvalue weighted by Gasteiger charge is -2.43. The van der Waals surface area contributed by atoms with Crippen molar-refractivity contribution in [1.29, 1.82) is 0 Å². The summed E-state index contributed by atoms with van der Waals surface area (Å²) in [6.07, 6.45) is 19.5. The van der Waals surface area contributed by atoms with Crippen molar-refractivity contribution in [3.05, 3.63) is 154 Å². The van der Waals surface area contributed by atoms with E-state index >= 15 is 0 Å². The van der Waals surface area contributed by atoms with Gasteiger partial charge in [0.05, 0.1) is 86.5 Å². The number of hydrogen-bond acceptors (Lipinski definition) is 30. The lowest BCUT2D eigenvalue weighted by molar-refractivity contribution is -0.0734. The topological polar surface area (TPSA) is 464 Å². The molecule has 600 valence electrons. The predicted octanol–water partition coefficient (Wildman–Crippen LogP) is 8.57. The number of fused-ring (bicyclic) bond motifs is 3. The zero-order chi connectivity index (χ0) is 78.5. The average Bonchev–Trinajstić information content (AvgIpc) is 1.37. The van der Waals surface area contributed by atoms with Crippen molar-refractivity contribution in [3.63, 3.8) is 0 Å². The largest absolute Gasteiger partial charge is 0.393 e. The number of thiophene rings is 3. The van der Waals surface area contributed by atoms with Gasteiger partial charge in [0.1, 0.15) is 42.5 Å².